The van der Waals surface area contributed by atoms with Crippen LogP contribution in [0.2, 0.25) is 0 Å². The summed E-state index contributed by atoms with van der Waals surface area (Å²) in [6.07, 6.45) is 6.84. The lowest BCUT2D eigenvalue weighted by Crippen LogP contribution is -2.20. The van der Waals surface area contributed by atoms with Crippen LogP contribution in [0.25, 0.3) is 0 Å². The molecule has 0 amide bonds. The third kappa shape index (κ3) is 4.76. The van der Waals surface area contributed by atoms with E-state index < -0.39 is 0 Å². The molecular formula is C14H23N3OS. The first-order chi connectivity index (χ1) is 9.18. The molecule has 0 spiro atoms. The molecule has 2 aliphatic carbocycles. The minimum absolute atomic E-state index is 0.102. The fourth-order valence-electron chi connectivity index (χ4n) is 1.64. The first kappa shape index (κ1) is 14.8. The topological polar surface area (TPSA) is 60.2 Å². The Morgan fingerprint density at radius 3 is 2.58 bits per heavy atom. The molecule has 0 unspecified atom stereocenters. The molecule has 3 N–H and O–H groups in total. The SMILES string of the molecule is COC.NC1(c2ccc(CNSC3CC3)cn2)CC1. The van der Waals surface area contributed by atoms with Crippen molar-refractivity contribution in [1.82, 2.24) is 9.71 Å². The third-order valence-corrected chi connectivity index (χ3v) is 4.29. The lowest BCUT2D eigenvalue weighted by Gasteiger charge is -2.08. The van der Waals surface area contributed by atoms with Crippen LogP contribution in [0.15, 0.2) is 18.3 Å². The van der Waals surface area contributed by atoms with Gasteiger partial charge in [0, 0.05) is 32.2 Å². The van der Waals surface area contributed by atoms with E-state index in [2.05, 4.69) is 26.6 Å². The molecule has 5 heteroatoms. The molecule has 0 radical (unpaired) electrons. The summed E-state index contributed by atoms with van der Waals surface area (Å²) in [4.78, 5) is 4.45. The molecule has 2 fully saturated rings. The van der Waals surface area contributed by atoms with Crippen molar-refractivity contribution in [3.8, 4) is 0 Å². The highest BCUT2D eigenvalue weighted by atomic mass is 32.2. The molecule has 19 heavy (non-hydrogen) atoms. The molecular weight excluding hydrogens is 258 g/mol. The van der Waals surface area contributed by atoms with Crippen molar-refractivity contribution >= 4 is 11.9 Å². The summed E-state index contributed by atoms with van der Waals surface area (Å²) in [5.41, 5.74) is 8.27. The van der Waals surface area contributed by atoms with Gasteiger partial charge in [0.25, 0.3) is 0 Å². The number of pyridine rings is 1. The van der Waals surface area contributed by atoms with Gasteiger partial charge in [0.1, 0.15) is 0 Å². The Hall–Kier alpha value is -0.620. The number of nitrogens with one attached hydrogen (secondary N) is 1. The zero-order chi connectivity index (χ0) is 13.7. The van der Waals surface area contributed by atoms with Crippen LogP contribution in [0.4, 0.5) is 0 Å². The van der Waals surface area contributed by atoms with E-state index in [0.29, 0.717) is 0 Å². The second-order valence-electron chi connectivity index (χ2n) is 5.25. The van der Waals surface area contributed by atoms with Crippen LogP contribution in [0.3, 0.4) is 0 Å². The number of ether oxygens (including phenoxy) is 1. The number of hydrogen-bond donors (Lipinski definition) is 2. The highest BCUT2D eigenvalue weighted by Crippen LogP contribution is 2.41. The molecule has 2 saturated carbocycles. The van der Waals surface area contributed by atoms with Crippen molar-refractivity contribution < 1.29 is 4.74 Å². The van der Waals surface area contributed by atoms with Crippen LogP contribution in [0, 0.1) is 0 Å². The first-order valence-electron chi connectivity index (χ1n) is 6.71. The summed E-state index contributed by atoms with van der Waals surface area (Å²) in [5, 5.41) is 0.853. The highest BCUT2D eigenvalue weighted by molar-refractivity contribution is 7.98. The maximum Gasteiger partial charge on any atom is 0.0602 e. The molecule has 0 saturated heterocycles. The van der Waals surface area contributed by atoms with Crippen LogP contribution in [0.5, 0.6) is 0 Å². The van der Waals surface area contributed by atoms with Crippen molar-refractivity contribution in [2.75, 3.05) is 14.2 Å². The summed E-state index contributed by atoms with van der Waals surface area (Å²) in [6.45, 7) is 0.895. The van der Waals surface area contributed by atoms with Crippen molar-refractivity contribution in [3.05, 3.63) is 29.6 Å². The Balaban J connectivity index is 0.000000408. The van der Waals surface area contributed by atoms with Crippen molar-refractivity contribution in [2.45, 2.75) is 43.0 Å². The maximum absolute atomic E-state index is 6.08. The molecule has 0 aromatic carbocycles. The smallest absolute Gasteiger partial charge is 0.0602 e. The molecule has 1 aromatic rings. The minimum atomic E-state index is -0.102. The van der Waals surface area contributed by atoms with E-state index >= 15 is 0 Å². The summed E-state index contributed by atoms with van der Waals surface area (Å²) in [5.74, 6) is 0. The van der Waals surface area contributed by atoms with Crippen LogP contribution < -0.4 is 10.5 Å². The van der Waals surface area contributed by atoms with Gasteiger partial charge in [-0.15, -0.1) is 0 Å². The fourth-order valence-corrected chi connectivity index (χ4v) is 2.50. The summed E-state index contributed by atoms with van der Waals surface area (Å²) in [7, 11) is 3.25. The second-order valence-corrected chi connectivity index (χ2v) is 6.45. The summed E-state index contributed by atoms with van der Waals surface area (Å²) < 4.78 is 7.63. The number of aromatic nitrogens is 1. The van der Waals surface area contributed by atoms with Crippen molar-refractivity contribution in [2.24, 2.45) is 5.73 Å². The van der Waals surface area contributed by atoms with Gasteiger partial charge in [0.05, 0.1) is 11.2 Å². The zero-order valence-corrected chi connectivity index (χ0v) is 12.5. The molecule has 0 atom stereocenters. The van der Waals surface area contributed by atoms with Gasteiger partial charge in [-0.3, -0.25) is 9.71 Å². The summed E-state index contributed by atoms with van der Waals surface area (Å²) >= 11 is 1.86. The quantitative estimate of drug-likeness (QED) is 0.810. The predicted molar refractivity (Wildman–Crippen MR) is 79.7 cm³/mol. The Labute approximate surface area is 119 Å². The number of methoxy groups -OCH3 is 1. The molecule has 4 nitrogen and oxygen atoms in total. The van der Waals surface area contributed by atoms with E-state index in [1.807, 2.05) is 18.1 Å². The van der Waals surface area contributed by atoms with Crippen molar-refractivity contribution in [3.63, 3.8) is 0 Å². The van der Waals surface area contributed by atoms with Gasteiger partial charge in [-0.05, 0) is 37.3 Å². The van der Waals surface area contributed by atoms with Crippen LogP contribution >= 0.6 is 11.9 Å². The Morgan fingerprint density at radius 1 is 1.42 bits per heavy atom. The third-order valence-electron chi connectivity index (χ3n) is 3.17. The normalized spacial score (nSPS) is 19.5. The summed E-state index contributed by atoms with van der Waals surface area (Å²) in [6, 6.07) is 4.21. The largest absolute Gasteiger partial charge is 0.388 e. The number of nitrogens with zero attached hydrogens (tertiary/aromatic N) is 1. The van der Waals surface area contributed by atoms with Gasteiger partial charge >= 0.3 is 0 Å². The lowest BCUT2D eigenvalue weighted by atomic mass is 10.1. The number of nitrogens with two attached hydrogens (primary N) is 1. The van der Waals surface area contributed by atoms with E-state index in [0.717, 1.165) is 30.3 Å². The van der Waals surface area contributed by atoms with E-state index in [4.69, 9.17) is 5.73 Å². The van der Waals surface area contributed by atoms with E-state index in [1.54, 1.807) is 14.2 Å². The van der Waals surface area contributed by atoms with Crippen molar-refractivity contribution in [1.29, 1.82) is 0 Å². The number of hydrogen-bond acceptors (Lipinski definition) is 5. The minimum Gasteiger partial charge on any atom is -0.388 e. The average molecular weight is 281 g/mol. The van der Waals surface area contributed by atoms with Gasteiger partial charge < -0.3 is 10.5 Å². The standard InChI is InChI=1S/C12H17N3S.C2H6O/c13-12(5-6-12)11-4-1-9(7-14-11)8-15-16-10-2-3-10;1-3-2/h1,4,7,10,15H,2-3,5-6,8,13H2;1-2H3. The molecule has 0 aliphatic heterocycles. The molecule has 3 rings (SSSR count). The lowest BCUT2D eigenvalue weighted by molar-refractivity contribution is 0.277. The van der Waals surface area contributed by atoms with Gasteiger partial charge in [0.2, 0.25) is 0 Å². The highest BCUT2D eigenvalue weighted by Gasteiger charge is 2.41. The maximum atomic E-state index is 6.08. The Bertz CT molecular complexity index is 388. The molecule has 2 aliphatic rings. The Kier molecular flexibility index (Phi) is 5.21. The molecule has 0 bridgehead atoms. The van der Waals surface area contributed by atoms with E-state index in [-0.39, 0.29) is 5.54 Å². The van der Waals surface area contributed by atoms with Crippen LogP contribution in [-0.4, -0.2) is 24.5 Å². The monoisotopic (exact) mass is 281 g/mol. The molecule has 106 valence electrons. The second kappa shape index (κ2) is 6.70. The number of rotatable bonds is 5. The fraction of sp³-hybridized carbons (Fsp3) is 0.643. The average Bonchev–Trinajstić information content (AvgIpc) is 3.30. The van der Waals surface area contributed by atoms with E-state index in [1.165, 1.54) is 18.4 Å². The van der Waals surface area contributed by atoms with Gasteiger partial charge in [-0.2, -0.15) is 0 Å². The molecule has 1 heterocycles. The van der Waals surface area contributed by atoms with Gasteiger partial charge in [0.15, 0.2) is 0 Å². The van der Waals surface area contributed by atoms with Gasteiger partial charge in [-0.25, -0.2) is 0 Å². The molecule has 1 aromatic heterocycles. The zero-order valence-electron chi connectivity index (χ0n) is 11.7. The van der Waals surface area contributed by atoms with Crippen LogP contribution in [0.1, 0.15) is 36.9 Å². The first-order valence-corrected chi connectivity index (χ1v) is 7.59. The van der Waals surface area contributed by atoms with Gasteiger partial charge in [-0.1, -0.05) is 18.0 Å². The Morgan fingerprint density at radius 2 is 2.11 bits per heavy atom. The van der Waals surface area contributed by atoms with E-state index in [9.17, 15) is 0 Å². The predicted octanol–water partition coefficient (Wildman–Crippen LogP) is 2.19. The van der Waals surface area contributed by atoms with Crippen LogP contribution in [-0.2, 0) is 16.8 Å².